The van der Waals surface area contributed by atoms with E-state index in [0.29, 0.717) is 18.0 Å². The second kappa shape index (κ2) is 5.41. The zero-order valence-corrected chi connectivity index (χ0v) is 11.4. The topological polar surface area (TPSA) is 27.6 Å². The van der Waals surface area contributed by atoms with Crippen molar-refractivity contribution in [3.05, 3.63) is 0 Å². The lowest BCUT2D eigenvalue weighted by Gasteiger charge is -2.29. The third kappa shape index (κ3) is 3.14. The van der Waals surface area contributed by atoms with E-state index in [-0.39, 0.29) is 0 Å². The maximum absolute atomic E-state index is 4.76. The summed E-state index contributed by atoms with van der Waals surface area (Å²) in [6.07, 6.45) is 2.50. The van der Waals surface area contributed by atoms with Gasteiger partial charge in [-0.25, -0.2) is 0 Å². The largest absolute Gasteiger partial charge is 0.362 e. The van der Waals surface area contributed by atoms with Crippen LogP contribution in [0.5, 0.6) is 0 Å². The summed E-state index contributed by atoms with van der Waals surface area (Å²) >= 11 is 1.90. The molecule has 1 saturated heterocycles. The molecule has 2 heterocycles. The summed E-state index contributed by atoms with van der Waals surface area (Å²) in [4.78, 5) is 7.16. The molecule has 1 fully saturated rings. The van der Waals surface area contributed by atoms with Gasteiger partial charge in [0.2, 0.25) is 0 Å². The van der Waals surface area contributed by atoms with Gasteiger partial charge in [-0.15, -0.1) is 0 Å². The van der Waals surface area contributed by atoms with Crippen LogP contribution in [-0.4, -0.2) is 48.0 Å². The van der Waals surface area contributed by atoms with E-state index in [2.05, 4.69) is 31.1 Å². The van der Waals surface area contributed by atoms with Gasteiger partial charge >= 0.3 is 0 Å². The van der Waals surface area contributed by atoms with Crippen molar-refractivity contribution in [2.24, 2.45) is 10.9 Å². The maximum Gasteiger partial charge on any atom is 0.157 e. The third-order valence-electron chi connectivity index (χ3n) is 3.49. The first kappa shape index (κ1) is 12.2. The van der Waals surface area contributed by atoms with Crippen molar-refractivity contribution in [1.82, 2.24) is 10.2 Å². The number of nitrogens with zero attached hydrogens (tertiary/aromatic N) is 2. The van der Waals surface area contributed by atoms with Crippen LogP contribution in [0.4, 0.5) is 0 Å². The van der Waals surface area contributed by atoms with E-state index < -0.39 is 0 Å². The lowest BCUT2D eigenvalue weighted by molar-refractivity contribution is 0.247. The highest BCUT2D eigenvalue weighted by Crippen LogP contribution is 2.23. The van der Waals surface area contributed by atoms with Crippen molar-refractivity contribution in [2.45, 2.75) is 38.8 Å². The molecule has 1 atom stereocenters. The van der Waals surface area contributed by atoms with Crippen LogP contribution in [0.3, 0.4) is 0 Å². The first-order valence-electron chi connectivity index (χ1n) is 6.31. The average molecular weight is 241 g/mol. The van der Waals surface area contributed by atoms with E-state index in [1.165, 1.54) is 31.1 Å². The standard InChI is InChI=1S/C12H23N3S/c1-9(2)11-8-16-12(14-11)13-10-4-6-15(3)7-5-10/h9-11H,4-8H2,1-3H3,(H,13,14). The Hall–Kier alpha value is -0.220. The summed E-state index contributed by atoms with van der Waals surface area (Å²) in [5.74, 6) is 1.83. The van der Waals surface area contributed by atoms with Gasteiger partial charge in [0.1, 0.15) is 0 Å². The molecule has 0 bridgehead atoms. The molecule has 2 aliphatic rings. The van der Waals surface area contributed by atoms with E-state index in [1.807, 2.05) is 11.8 Å². The highest BCUT2D eigenvalue weighted by Gasteiger charge is 2.24. The minimum Gasteiger partial charge on any atom is -0.362 e. The molecular formula is C12H23N3S. The van der Waals surface area contributed by atoms with Crippen LogP contribution in [0.15, 0.2) is 4.99 Å². The highest BCUT2D eigenvalue weighted by atomic mass is 32.2. The van der Waals surface area contributed by atoms with Crippen LogP contribution in [0.25, 0.3) is 0 Å². The molecule has 0 saturated carbocycles. The molecule has 3 nitrogen and oxygen atoms in total. The SMILES string of the molecule is CC(C)C1CSC(NC2CCN(C)CC2)=N1. The van der Waals surface area contributed by atoms with Gasteiger partial charge in [-0.2, -0.15) is 0 Å². The summed E-state index contributed by atoms with van der Waals surface area (Å²) < 4.78 is 0. The summed E-state index contributed by atoms with van der Waals surface area (Å²) in [6, 6.07) is 1.17. The Morgan fingerprint density at radius 2 is 2.06 bits per heavy atom. The predicted octanol–water partition coefficient (Wildman–Crippen LogP) is 1.80. The van der Waals surface area contributed by atoms with Crippen molar-refractivity contribution in [3.8, 4) is 0 Å². The number of rotatable bonds is 2. The summed E-state index contributed by atoms with van der Waals surface area (Å²) in [5, 5.41) is 4.80. The number of hydrogen-bond donors (Lipinski definition) is 1. The highest BCUT2D eigenvalue weighted by molar-refractivity contribution is 8.14. The fourth-order valence-corrected chi connectivity index (χ4v) is 3.39. The zero-order valence-electron chi connectivity index (χ0n) is 10.6. The molecule has 0 radical (unpaired) electrons. The van der Waals surface area contributed by atoms with Gasteiger partial charge in [0.05, 0.1) is 6.04 Å². The minimum absolute atomic E-state index is 0.527. The Kier molecular flexibility index (Phi) is 4.14. The fraction of sp³-hybridized carbons (Fsp3) is 0.917. The molecule has 2 rings (SSSR count). The van der Waals surface area contributed by atoms with Crippen molar-refractivity contribution in [2.75, 3.05) is 25.9 Å². The number of aliphatic imine (C=N–C) groups is 1. The Balaban J connectivity index is 1.80. The number of hydrogen-bond acceptors (Lipinski definition) is 4. The van der Waals surface area contributed by atoms with E-state index in [0.717, 1.165) is 5.75 Å². The van der Waals surface area contributed by atoms with Crippen molar-refractivity contribution in [3.63, 3.8) is 0 Å². The van der Waals surface area contributed by atoms with E-state index in [9.17, 15) is 0 Å². The quantitative estimate of drug-likeness (QED) is 0.799. The van der Waals surface area contributed by atoms with Gasteiger partial charge in [-0.05, 0) is 38.9 Å². The lowest BCUT2D eigenvalue weighted by Crippen LogP contribution is -2.42. The Morgan fingerprint density at radius 1 is 1.38 bits per heavy atom. The maximum atomic E-state index is 4.76. The number of thioether (sulfide) groups is 1. The molecular weight excluding hydrogens is 218 g/mol. The Morgan fingerprint density at radius 3 is 2.62 bits per heavy atom. The molecule has 0 aromatic heterocycles. The van der Waals surface area contributed by atoms with Gasteiger partial charge < -0.3 is 10.2 Å². The van der Waals surface area contributed by atoms with Crippen LogP contribution in [0.1, 0.15) is 26.7 Å². The summed E-state index contributed by atoms with van der Waals surface area (Å²) in [5.41, 5.74) is 0. The molecule has 1 N–H and O–H groups in total. The first-order valence-corrected chi connectivity index (χ1v) is 7.29. The normalized spacial score (nSPS) is 28.5. The monoisotopic (exact) mass is 241 g/mol. The van der Waals surface area contributed by atoms with Gasteiger partial charge in [0.15, 0.2) is 5.17 Å². The van der Waals surface area contributed by atoms with Crippen LogP contribution >= 0.6 is 11.8 Å². The number of nitrogens with one attached hydrogen (secondary N) is 1. The Bertz CT molecular complexity index is 257. The third-order valence-corrected chi connectivity index (χ3v) is 4.49. The smallest absolute Gasteiger partial charge is 0.157 e. The lowest BCUT2D eigenvalue weighted by atomic mass is 10.1. The predicted molar refractivity (Wildman–Crippen MR) is 72.2 cm³/mol. The van der Waals surface area contributed by atoms with Gasteiger partial charge in [0.25, 0.3) is 0 Å². The number of amidine groups is 1. The molecule has 0 aliphatic carbocycles. The molecule has 0 aromatic rings. The van der Waals surface area contributed by atoms with Gasteiger partial charge in [0, 0.05) is 11.8 Å². The van der Waals surface area contributed by atoms with Crippen molar-refractivity contribution < 1.29 is 0 Å². The van der Waals surface area contributed by atoms with E-state index in [1.54, 1.807) is 0 Å². The molecule has 1 unspecified atom stereocenters. The van der Waals surface area contributed by atoms with E-state index >= 15 is 0 Å². The number of piperidine rings is 1. The number of likely N-dealkylation sites (tertiary alicyclic amines) is 1. The average Bonchev–Trinajstić information content (AvgIpc) is 2.70. The second-order valence-corrected chi connectivity index (χ2v) is 6.29. The van der Waals surface area contributed by atoms with Crippen molar-refractivity contribution >= 4 is 16.9 Å². The minimum atomic E-state index is 0.527. The molecule has 16 heavy (non-hydrogen) atoms. The first-order chi connectivity index (χ1) is 7.65. The summed E-state index contributed by atoms with van der Waals surface area (Å²) in [7, 11) is 2.20. The molecule has 2 aliphatic heterocycles. The van der Waals surface area contributed by atoms with Crippen molar-refractivity contribution in [1.29, 1.82) is 0 Å². The zero-order chi connectivity index (χ0) is 11.5. The summed E-state index contributed by atoms with van der Waals surface area (Å²) in [6.45, 7) is 6.94. The van der Waals surface area contributed by atoms with Crippen LogP contribution in [0, 0.1) is 5.92 Å². The van der Waals surface area contributed by atoms with Gasteiger partial charge in [-0.3, -0.25) is 4.99 Å². The molecule has 0 amide bonds. The molecule has 0 spiro atoms. The van der Waals surface area contributed by atoms with E-state index in [4.69, 9.17) is 4.99 Å². The molecule has 92 valence electrons. The molecule has 4 heteroatoms. The van der Waals surface area contributed by atoms with Crippen LogP contribution in [0.2, 0.25) is 0 Å². The Labute approximate surface area is 103 Å². The van der Waals surface area contributed by atoms with Crippen LogP contribution in [-0.2, 0) is 0 Å². The molecule has 0 aromatic carbocycles. The second-order valence-electron chi connectivity index (χ2n) is 5.28. The fourth-order valence-electron chi connectivity index (χ4n) is 2.14. The van der Waals surface area contributed by atoms with Gasteiger partial charge in [-0.1, -0.05) is 25.6 Å². The van der Waals surface area contributed by atoms with Crippen LogP contribution < -0.4 is 5.32 Å².